The molecule has 54 heavy (non-hydrogen) atoms. The Morgan fingerprint density at radius 2 is 1.61 bits per heavy atom. The quantitative estimate of drug-likeness (QED) is 0.127. The molecule has 1 aromatic carbocycles. The Hall–Kier alpha value is -3.63. The van der Waals surface area contributed by atoms with Crippen LogP contribution >= 0.6 is 23.5 Å². The molecule has 5 atom stereocenters. The van der Waals surface area contributed by atoms with E-state index < -0.39 is 76.3 Å². The first-order valence-electron chi connectivity index (χ1n) is 19.1. The SMILES string of the molecule is CCCC(NC(=O)[C@@H]1CC2(SCCCS2)C(C(=O)C(NC(=O)OCC(C)C)C2CCCCC2)N1)C(=O)C(=O)NCC(=O)NC(C(=O)NC)c1ccccc1. The fourth-order valence-corrected chi connectivity index (χ4v) is 10.7. The van der Waals surface area contributed by atoms with Crippen molar-refractivity contribution >= 4 is 64.8 Å². The van der Waals surface area contributed by atoms with Gasteiger partial charge in [-0.2, -0.15) is 0 Å². The van der Waals surface area contributed by atoms with Crippen molar-refractivity contribution in [3.63, 3.8) is 0 Å². The molecule has 1 spiro atoms. The molecular formula is C38H56N6O8S2. The average Bonchev–Trinajstić information content (AvgIpc) is 3.55. The van der Waals surface area contributed by atoms with Crippen molar-refractivity contribution in [2.24, 2.45) is 11.8 Å². The maximum absolute atomic E-state index is 14.6. The molecule has 3 fully saturated rings. The van der Waals surface area contributed by atoms with Crippen molar-refractivity contribution in [3.05, 3.63) is 35.9 Å². The molecule has 2 saturated heterocycles. The highest BCUT2D eigenvalue weighted by Crippen LogP contribution is 2.51. The van der Waals surface area contributed by atoms with Crippen molar-refractivity contribution in [2.45, 2.75) is 113 Å². The molecule has 1 saturated carbocycles. The van der Waals surface area contributed by atoms with Gasteiger partial charge in [0.1, 0.15) is 6.04 Å². The molecule has 16 heteroatoms. The van der Waals surface area contributed by atoms with Gasteiger partial charge in [0.25, 0.3) is 5.91 Å². The van der Waals surface area contributed by atoms with Gasteiger partial charge in [-0.1, -0.05) is 76.8 Å². The van der Waals surface area contributed by atoms with E-state index in [9.17, 15) is 33.6 Å². The predicted molar refractivity (Wildman–Crippen MR) is 209 cm³/mol. The Morgan fingerprint density at radius 3 is 2.24 bits per heavy atom. The number of hydrogen-bond donors (Lipinski definition) is 6. The summed E-state index contributed by atoms with van der Waals surface area (Å²) < 4.78 is 4.76. The molecule has 4 rings (SSSR count). The number of thioether (sulfide) groups is 2. The molecule has 0 aromatic heterocycles. The van der Waals surface area contributed by atoms with E-state index in [1.54, 1.807) is 53.9 Å². The largest absolute Gasteiger partial charge is 0.449 e. The van der Waals surface area contributed by atoms with Crippen LogP contribution in [0.15, 0.2) is 30.3 Å². The minimum absolute atomic E-state index is 0.0525. The number of alkyl carbamates (subject to hydrolysis) is 1. The van der Waals surface area contributed by atoms with E-state index >= 15 is 0 Å². The molecule has 6 N–H and O–H groups in total. The molecule has 5 amide bonds. The number of carbonyl (C=O) groups excluding carboxylic acids is 7. The van der Waals surface area contributed by atoms with Crippen molar-refractivity contribution in [1.82, 2.24) is 31.9 Å². The standard InChI is InChI=1S/C38H56N6O8S2/c1-5-13-26(31(46)36(50)40-21-28(45)43-30(35(49)39-4)25-16-10-7-11-17-25)42-34(48)27-20-38(53-18-12-19-54-38)33(41-27)32(47)29(24-14-8-6-9-15-24)44-37(51)52-22-23(2)3/h7,10-11,16-17,23-24,26-27,29-30,33,41H,5-6,8-9,12-15,18-22H2,1-4H3,(H,39,49)(H,40,50)(H,42,48)(H,43,45)(H,44,51)/t26?,27-,29?,30?,33?/m0/s1. The number of benzene rings is 1. The summed E-state index contributed by atoms with van der Waals surface area (Å²) in [4.78, 5) is 93.0. The first-order valence-corrected chi connectivity index (χ1v) is 21.1. The van der Waals surface area contributed by atoms with Crippen molar-refractivity contribution in [3.8, 4) is 0 Å². The summed E-state index contributed by atoms with van der Waals surface area (Å²) >= 11 is 3.29. The zero-order valence-corrected chi connectivity index (χ0v) is 33.3. The van der Waals surface area contributed by atoms with Crippen LogP contribution < -0.4 is 31.9 Å². The lowest BCUT2D eigenvalue weighted by molar-refractivity contribution is -0.141. The van der Waals surface area contributed by atoms with E-state index in [0.717, 1.165) is 50.0 Å². The summed E-state index contributed by atoms with van der Waals surface area (Å²) in [7, 11) is 1.44. The van der Waals surface area contributed by atoms with Crippen molar-refractivity contribution < 1.29 is 38.3 Å². The third kappa shape index (κ3) is 11.7. The molecule has 0 bridgehead atoms. The van der Waals surface area contributed by atoms with Gasteiger partial charge >= 0.3 is 6.09 Å². The van der Waals surface area contributed by atoms with Gasteiger partial charge in [-0.05, 0) is 61.0 Å². The molecule has 1 aliphatic carbocycles. The summed E-state index contributed by atoms with van der Waals surface area (Å²) in [5, 5.41) is 16.4. The van der Waals surface area contributed by atoms with Crippen LogP contribution in [0.1, 0.15) is 90.2 Å². The van der Waals surface area contributed by atoms with E-state index in [1.807, 2.05) is 20.8 Å². The van der Waals surface area contributed by atoms with Crippen LogP contribution in [-0.2, 0) is 33.5 Å². The number of carbonyl (C=O) groups is 7. The normalized spacial score (nSPS) is 21.3. The Morgan fingerprint density at radius 1 is 0.926 bits per heavy atom. The van der Waals surface area contributed by atoms with Gasteiger partial charge in [-0.25, -0.2) is 4.79 Å². The van der Waals surface area contributed by atoms with Gasteiger partial charge in [-0.3, -0.25) is 34.1 Å². The lowest BCUT2D eigenvalue weighted by Gasteiger charge is -2.39. The molecule has 2 aliphatic heterocycles. The maximum Gasteiger partial charge on any atom is 0.407 e. The van der Waals surface area contributed by atoms with Gasteiger partial charge < -0.3 is 31.3 Å². The van der Waals surface area contributed by atoms with Gasteiger partial charge in [0.15, 0.2) is 5.78 Å². The van der Waals surface area contributed by atoms with Crippen LogP contribution in [0.5, 0.6) is 0 Å². The molecule has 14 nitrogen and oxygen atoms in total. The van der Waals surface area contributed by atoms with Crippen LogP contribution in [-0.4, -0.2) is 101 Å². The van der Waals surface area contributed by atoms with Crippen LogP contribution in [0.3, 0.4) is 0 Å². The second kappa shape index (κ2) is 20.9. The van der Waals surface area contributed by atoms with Gasteiger partial charge in [0, 0.05) is 7.05 Å². The highest BCUT2D eigenvalue weighted by atomic mass is 32.2. The fraction of sp³-hybridized carbons (Fsp3) is 0.658. The minimum Gasteiger partial charge on any atom is -0.449 e. The highest BCUT2D eigenvalue weighted by molar-refractivity contribution is 8.19. The zero-order chi connectivity index (χ0) is 39.3. The summed E-state index contributed by atoms with van der Waals surface area (Å²) in [5.74, 6) is -2.08. The number of likely N-dealkylation sites (N-methyl/N-ethyl adjacent to an activating group) is 1. The number of ketones is 2. The van der Waals surface area contributed by atoms with Crippen LogP contribution in [0.2, 0.25) is 0 Å². The summed E-state index contributed by atoms with van der Waals surface area (Å²) in [5.41, 5.74) is 0.541. The smallest absolute Gasteiger partial charge is 0.407 e. The molecule has 4 unspecified atom stereocenters. The highest BCUT2D eigenvalue weighted by Gasteiger charge is 2.56. The first kappa shape index (κ1) is 43.1. The Balaban J connectivity index is 1.43. The number of rotatable bonds is 17. The number of amides is 5. The molecule has 1 aromatic rings. The minimum atomic E-state index is -1.17. The van der Waals surface area contributed by atoms with Crippen molar-refractivity contribution in [1.29, 1.82) is 0 Å². The van der Waals surface area contributed by atoms with Crippen LogP contribution in [0.4, 0.5) is 4.79 Å². The first-order chi connectivity index (χ1) is 25.9. The van der Waals surface area contributed by atoms with E-state index in [0.29, 0.717) is 18.4 Å². The molecule has 3 aliphatic rings. The van der Waals surface area contributed by atoms with Crippen LogP contribution in [0.25, 0.3) is 0 Å². The zero-order valence-electron chi connectivity index (χ0n) is 31.7. The third-order valence-electron chi connectivity index (χ3n) is 9.92. The summed E-state index contributed by atoms with van der Waals surface area (Å²) in [6.45, 7) is 5.36. The number of nitrogens with one attached hydrogen (secondary N) is 6. The Kier molecular flexibility index (Phi) is 16.7. The molecular weight excluding hydrogens is 733 g/mol. The molecule has 298 valence electrons. The van der Waals surface area contributed by atoms with Gasteiger partial charge in [0.05, 0.1) is 41.4 Å². The van der Waals surface area contributed by atoms with E-state index in [1.165, 1.54) is 7.05 Å². The lowest BCUT2D eigenvalue weighted by atomic mass is 9.80. The lowest BCUT2D eigenvalue weighted by Crippen LogP contribution is -2.58. The van der Waals surface area contributed by atoms with Gasteiger partial charge in [0.2, 0.25) is 23.5 Å². The molecule has 2 heterocycles. The third-order valence-corrected chi connectivity index (χ3v) is 13.4. The number of ether oxygens (including phenoxy) is 1. The summed E-state index contributed by atoms with van der Waals surface area (Å²) in [6, 6.07) is 4.06. The van der Waals surface area contributed by atoms with E-state index in [2.05, 4.69) is 31.9 Å². The van der Waals surface area contributed by atoms with Crippen molar-refractivity contribution in [2.75, 3.05) is 31.7 Å². The van der Waals surface area contributed by atoms with E-state index in [4.69, 9.17) is 4.74 Å². The number of Topliss-reactive ketones (excluding diaryl/α,β-unsaturated/α-hetero) is 2. The Bertz CT molecular complexity index is 1490. The number of hydrogen-bond acceptors (Lipinski definition) is 11. The molecule has 0 radical (unpaired) electrons. The summed E-state index contributed by atoms with van der Waals surface area (Å²) in [6.07, 6.45) is 5.90. The fourth-order valence-electron chi connectivity index (χ4n) is 7.15. The maximum atomic E-state index is 14.6. The van der Waals surface area contributed by atoms with E-state index in [-0.39, 0.29) is 30.6 Å². The van der Waals surface area contributed by atoms with Gasteiger partial charge in [-0.15, -0.1) is 23.5 Å². The topological polar surface area (TPSA) is 201 Å². The monoisotopic (exact) mass is 788 g/mol. The average molecular weight is 789 g/mol. The Labute approximate surface area is 326 Å². The second-order valence-corrected chi connectivity index (χ2v) is 17.7. The predicted octanol–water partition coefficient (Wildman–Crippen LogP) is 2.76. The second-order valence-electron chi connectivity index (χ2n) is 14.6. The van der Waals surface area contributed by atoms with Crippen LogP contribution in [0, 0.1) is 11.8 Å².